The summed E-state index contributed by atoms with van der Waals surface area (Å²) in [5, 5.41) is 2.90. The summed E-state index contributed by atoms with van der Waals surface area (Å²) < 4.78 is 40.5. The lowest BCUT2D eigenvalue weighted by molar-refractivity contribution is -0.137. The highest BCUT2D eigenvalue weighted by Gasteiger charge is 2.31. The van der Waals surface area contributed by atoms with Gasteiger partial charge in [0.25, 0.3) is 5.91 Å². The third-order valence-electron chi connectivity index (χ3n) is 4.88. The Morgan fingerprint density at radius 1 is 0.969 bits per heavy atom. The Morgan fingerprint density at radius 3 is 2.38 bits per heavy atom. The Balaban J connectivity index is 1.77. The molecule has 0 atom stereocenters. The summed E-state index contributed by atoms with van der Waals surface area (Å²) in [6.07, 6.45) is -2.98. The number of nitrogen functional groups attached to an aromatic ring is 1. The van der Waals surface area contributed by atoms with Crippen LogP contribution >= 0.6 is 11.6 Å². The molecule has 0 unspecified atom stereocenters. The molecule has 4 rings (SSSR count). The van der Waals surface area contributed by atoms with E-state index in [1.807, 2.05) is 0 Å². The van der Waals surface area contributed by atoms with Gasteiger partial charge in [0.1, 0.15) is 5.69 Å². The maximum atomic E-state index is 13.1. The van der Waals surface area contributed by atoms with Gasteiger partial charge in [0.05, 0.1) is 22.3 Å². The van der Waals surface area contributed by atoms with Gasteiger partial charge in [-0.3, -0.25) is 9.59 Å². The predicted molar refractivity (Wildman–Crippen MR) is 116 cm³/mol. The highest BCUT2D eigenvalue weighted by molar-refractivity contribution is 6.30. The van der Waals surface area contributed by atoms with Gasteiger partial charge in [0.15, 0.2) is 0 Å². The average molecular weight is 458 g/mol. The molecule has 0 aliphatic heterocycles. The first-order chi connectivity index (χ1) is 15.2. The summed E-state index contributed by atoms with van der Waals surface area (Å²) >= 11 is 5.89. The van der Waals surface area contributed by atoms with E-state index in [1.165, 1.54) is 28.7 Å². The molecular weight excluding hydrogens is 443 g/mol. The molecule has 1 amide bonds. The van der Waals surface area contributed by atoms with Crippen molar-refractivity contribution in [3.8, 4) is 0 Å². The third-order valence-corrected chi connectivity index (χ3v) is 5.13. The number of amides is 1. The van der Waals surface area contributed by atoms with Crippen molar-refractivity contribution in [2.45, 2.75) is 6.18 Å². The summed E-state index contributed by atoms with van der Waals surface area (Å²) in [7, 11) is 0. The molecule has 3 N–H and O–H groups in total. The van der Waals surface area contributed by atoms with Crippen LogP contribution in [0, 0.1) is 0 Å². The van der Waals surface area contributed by atoms with Gasteiger partial charge >= 0.3 is 6.18 Å². The van der Waals surface area contributed by atoms with E-state index in [1.54, 1.807) is 36.5 Å². The first kappa shape index (κ1) is 21.5. The second-order valence-corrected chi connectivity index (χ2v) is 7.40. The summed E-state index contributed by atoms with van der Waals surface area (Å²) in [4.78, 5) is 26.2. The molecule has 0 bridgehead atoms. The molecule has 4 aromatic rings. The number of aromatic nitrogens is 1. The molecule has 0 saturated heterocycles. The standard InChI is InChI=1S/C23H15ClF3N3O2/c24-15-9-7-13(8-10-15)21(31)20-19(28)18(17-6-1-2-11-30(17)20)22(32)29-16-5-3-4-14(12-16)23(25,26)27/h1-12H,28H2,(H,29,32). The number of halogens is 4. The van der Waals surface area contributed by atoms with E-state index in [4.69, 9.17) is 17.3 Å². The van der Waals surface area contributed by atoms with Crippen LogP contribution in [0.25, 0.3) is 5.52 Å². The second kappa shape index (κ2) is 8.05. The maximum Gasteiger partial charge on any atom is 0.416 e. The summed E-state index contributed by atoms with van der Waals surface area (Å²) in [5.74, 6) is -1.17. The molecule has 2 aromatic heterocycles. The van der Waals surface area contributed by atoms with E-state index < -0.39 is 23.4 Å². The van der Waals surface area contributed by atoms with Crippen LogP contribution < -0.4 is 11.1 Å². The van der Waals surface area contributed by atoms with E-state index in [2.05, 4.69) is 5.32 Å². The Labute approximate surface area is 185 Å². The van der Waals surface area contributed by atoms with E-state index in [-0.39, 0.29) is 22.6 Å². The number of anilines is 2. The molecule has 162 valence electrons. The molecule has 2 aromatic carbocycles. The first-order valence-corrected chi connectivity index (χ1v) is 9.72. The lowest BCUT2D eigenvalue weighted by Gasteiger charge is -2.10. The predicted octanol–water partition coefficient (Wildman–Crippen LogP) is 5.68. The molecule has 0 fully saturated rings. The van der Waals surface area contributed by atoms with Crippen molar-refractivity contribution in [1.82, 2.24) is 4.40 Å². The Morgan fingerprint density at radius 2 is 1.69 bits per heavy atom. The van der Waals surface area contributed by atoms with Gasteiger partial charge in [-0.2, -0.15) is 13.2 Å². The average Bonchev–Trinajstić information content (AvgIpc) is 3.05. The van der Waals surface area contributed by atoms with Crippen molar-refractivity contribution >= 4 is 40.2 Å². The largest absolute Gasteiger partial charge is 0.416 e. The third kappa shape index (κ3) is 3.92. The van der Waals surface area contributed by atoms with Crippen LogP contribution in [0.1, 0.15) is 32.0 Å². The molecule has 9 heteroatoms. The van der Waals surface area contributed by atoms with Crippen LogP contribution in [0.2, 0.25) is 5.02 Å². The van der Waals surface area contributed by atoms with E-state index in [0.717, 1.165) is 12.1 Å². The Hall–Kier alpha value is -3.78. The number of rotatable bonds is 4. The minimum absolute atomic E-state index is 0.0136. The number of alkyl halides is 3. The van der Waals surface area contributed by atoms with Gasteiger partial charge in [-0.25, -0.2) is 0 Å². The smallest absolute Gasteiger partial charge is 0.396 e. The van der Waals surface area contributed by atoms with Crippen LogP contribution in [-0.4, -0.2) is 16.1 Å². The number of carbonyl (C=O) groups excluding carboxylic acids is 2. The molecular formula is C23H15ClF3N3O2. The number of pyridine rings is 1. The summed E-state index contributed by atoms with van der Waals surface area (Å²) in [6, 6.07) is 15.4. The van der Waals surface area contributed by atoms with Crippen LogP contribution in [0.4, 0.5) is 24.5 Å². The second-order valence-electron chi connectivity index (χ2n) is 6.96. The Kier molecular flexibility index (Phi) is 5.40. The lowest BCUT2D eigenvalue weighted by Crippen LogP contribution is -2.15. The molecule has 0 aliphatic rings. The van der Waals surface area contributed by atoms with Crippen LogP contribution in [-0.2, 0) is 6.18 Å². The SMILES string of the molecule is Nc1c(C(=O)Nc2cccc(C(F)(F)F)c2)c2ccccn2c1C(=O)c1ccc(Cl)cc1. The fourth-order valence-electron chi connectivity index (χ4n) is 3.40. The van der Waals surface area contributed by atoms with Crippen LogP contribution in [0.3, 0.4) is 0 Å². The van der Waals surface area contributed by atoms with E-state index >= 15 is 0 Å². The van der Waals surface area contributed by atoms with E-state index in [9.17, 15) is 22.8 Å². The minimum Gasteiger partial charge on any atom is -0.396 e. The summed E-state index contributed by atoms with van der Waals surface area (Å²) in [5.41, 5.74) is 5.90. The maximum absolute atomic E-state index is 13.1. The van der Waals surface area contributed by atoms with Gasteiger partial charge in [-0.05, 0) is 54.6 Å². The van der Waals surface area contributed by atoms with Gasteiger partial charge < -0.3 is 15.5 Å². The molecule has 32 heavy (non-hydrogen) atoms. The quantitative estimate of drug-likeness (QED) is 0.387. The van der Waals surface area contributed by atoms with Crippen molar-refractivity contribution in [2.24, 2.45) is 0 Å². The van der Waals surface area contributed by atoms with Crippen LogP contribution in [0.5, 0.6) is 0 Å². The van der Waals surface area contributed by atoms with Gasteiger partial charge in [-0.15, -0.1) is 0 Å². The van der Waals surface area contributed by atoms with Crippen molar-refractivity contribution in [3.63, 3.8) is 0 Å². The number of hydrogen-bond acceptors (Lipinski definition) is 3. The number of nitrogens with two attached hydrogens (primary N) is 1. The molecule has 0 radical (unpaired) electrons. The fraction of sp³-hybridized carbons (Fsp3) is 0.0435. The number of carbonyl (C=O) groups is 2. The molecule has 0 aliphatic carbocycles. The number of ketones is 1. The summed E-state index contributed by atoms with van der Waals surface area (Å²) in [6.45, 7) is 0. The number of benzene rings is 2. The van der Waals surface area contributed by atoms with Crippen molar-refractivity contribution in [1.29, 1.82) is 0 Å². The van der Waals surface area contributed by atoms with Crippen molar-refractivity contribution < 1.29 is 22.8 Å². The number of nitrogens with zero attached hydrogens (tertiary/aromatic N) is 1. The van der Waals surface area contributed by atoms with Gasteiger partial charge in [0.2, 0.25) is 5.78 Å². The van der Waals surface area contributed by atoms with E-state index in [0.29, 0.717) is 16.1 Å². The van der Waals surface area contributed by atoms with Gasteiger partial charge in [0, 0.05) is 22.5 Å². The topological polar surface area (TPSA) is 76.6 Å². The monoisotopic (exact) mass is 457 g/mol. The normalized spacial score (nSPS) is 11.5. The van der Waals surface area contributed by atoms with Gasteiger partial charge in [-0.1, -0.05) is 23.7 Å². The minimum atomic E-state index is -4.55. The molecule has 5 nitrogen and oxygen atoms in total. The molecule has 0 spiro atoms. The van der Waals surface area contributed by atoms with Crippen molar-refractivity contribution in [3.05, 3.63) is 100 Å². The Bertz CT molecular complexity index is 1350. The number of nitrogens with one attached hydrogen (secondary N) is 1. The highest BCUT2D eigenvalue weighted by Crippen LogP contribution is 2.32. The number of hydrogen-bond donors (Lipinski definition) is 2. The fourth-order valence-corrected chi connectivity index (χ4v) is 3.53. The molecule has 2 heterocycles. The first-order valence-electron chi connectivity index (χ1n) is 9.34. The highest BCUT2D eigenvalue weighted by atomic mass is 35.5. The zero-order valence-corrected chi connectivity index (χ0v) is 17.0. The number of fused-ring (bicyclic) bond motifs is 1. The zero-order valence-electron chi connectivity index (χ0n) is 16.3. The lowest BCUT2D eigenvalue weighted by atomic mass is 10.1. The molecule has 0 saturated carbocycles. The van der Waals surface area contributed by atoms with Crippen molar-refractivity contribution in [2.75, 3.05) is 11.1 Å². The van der Waals surface area contributed by atoms with Crippen LogP contribution in [0.15, 0.2) is 72.9 Å². The zero-order chi connectivity index (χ0) is 23.0.